The maximum atomic E-state index is 12.0. The highest BCUT2D eigenvalue weighted by atomic mass is 32.2. The maximum absolute atomic E-state index is 12.0. The van der Waals surface area contributed by atoms with Gasteiger partial charge in [0.1, 0.15) is 0 Å². The number of aryl methyl sites for hydroxylation is 1. The van der Waals surface area contributed by atoms with Gasteiger partial charge >= 0.3 is 0 Å². The Labute approximate surface area is 142 Å². The van der Waals surface area contributed by atoms with E-state index in [2.05, 4.69) is 20.1 Å². The van der Waals surface area contributed by atoms with Crippen molar-refractivity contribution in [2.75, 3.05) is 6.61 Å². The molecule has 0 spiro atoms. The molecular formula is C16H16N4O3S. The Balaban J connectivity index is 1.70. The number of aromatic amines is 1. The van der Waals surface area contributed by atoms with Crippen LogP contribution in [0.15, 0.2) is 44.8 Å². The third kappa shape index (κ3) is 3.72. The number of aliphatic hydroxyl groups is 1. The van der Waals surface area contributed by atoms with Crippen molar-refractivity contribution in [1.29, 1.82) is 0 Å². The number of thioether (sulfide) groups is 1. The molecule has 0 unspecified atom stereocenters. The molecule has 0 aliphatic rings. The summed E-state index contributed by atoms with van der Waals surface area (Å²) in [4.78, 5) is 23.4. The zero-order valence-electron chi connectivity index (χ0n) is 13.0. The average molecular weight is 344 g/mol. The molecule has 3 aromatic rings. The van der Waals surface area contributed by atoms with E-state index in [-0.39, 0.29) is 12.2 Å². The van der Waals surface area contributed by atoms with Gasteiger partial charge in [0.05, 0.1) is 5.75 Å². The van der Waals surface area contributed by atoms with E-state index >= 15 is 0 Å². The summed E-state index contributed by atoms with van der Waals surface area (Å²) in [7, 11) is 0. The fourth-order valence-electron chi connectivity index (χ4n) is 2.21. The van der Waals surface area contributed by atoms with Gasteiger partial charge in [-0.3, -0.25) is 4.79 Å². The van der Waals surface area contributed by atoms with Crippen LogP contribution in [-0.2, 0) is 12.2 Å². The Morgan fingerprint density at radius 2 is 2.04 bits per heavy atom. The fraction of sp³-hybridized carbons (Fsp3) is 0.250. The Morgan fingerprint density at radius 3 is 2.75 bits per heavy atom. The van der Waals surface area contributed by atoms with Crippen LogP contribution in [0.3, 0.4) is 0 Å². The van der Waals surface area contributed by atoms with E-state index in [9.17, 15) is 4.79 Å². The van der Waals surface area contributed by atoms with E-state index in [0.717, 1.165) is 5.56 Å². The minimum Gasteiger partial charge on any atom is -0.396 e. The molecule has 2 N–H and O–H groups in total. The SMILES string of the molecule is Cc1nc(SCc2nc(-c3ccccc3)no2)[nH]c(=O)c1CCO. The molecule has 1 aromatic carbocycles. The first-order valence-electron chi connectivity index (χ1n) is 7.39. The van der Waals surface area contributed by atoms with Gasteiger partial charge in [0.2, 0.25) is 11.7 Å². The summed E-state index contributed by atoms with van der Waals surface area (Å²) in [5.74, 6) is 1.39. The summed E-state index contributed by atoms with van der Waals surface area (Å²) in [5, 5.41) is 13.4. The summed E-state index contributed by atoms with van der Waals surface area (Å²) in [6.45, 7) is 1.67. The summed E-state index contributed by atoms with van der Waals surface area (Å²) in [6, 6.07) is 9.55. The highest BCUT2D eigenvalue weighted by Crippen LogP contribution is 2.21. The number of benzene rings is 1. The highest BCUT2D eigenvalue weighted by molar-refractivity contribution is 7.98. The van der Waals surface area contributed by atoms with Crippen LogP contribution in [0.4, 0.5) is 0 Å². The minimum atomic E-state index is -0.227. The topological polar surface area (TPSA) is 105 Å². The Hall–Kier alpha value is -2.45. The first kappa shape index (κ1) is 16.4. The normalized spacial score (nSPS) is 10.9. The maximum Gasteiger partial charge on any atom is 0.255 e. The number of H-pyrrole nitrogens is 1. The first-order chi connectivity index (χ1) is 11.7. The quantitative estimate of drug-likeness (QED) is 0.520. The molecule has 0 aliphatic carbocycles. The predicted molar refractivity (Wildman–Crippen MR) is 89.7 cm³/mol. The number of hydrogen-bond acceptors (Lipinski definition) is 7. The minimum absolute atomic E-state index is 0.0810. The number of rotatable bonds is 6. The highest BCUT2D eigenvalue weighted by Gasteiger charge is 2.11. The van der Waals surface area contributed by atoms with Crippen LogP contribution in [0.1, 0.15) is 17.1 Å². The molecule has 3 rings (SSSR count). The average Bonchev–Trinajstić information content (AvgIpc) is 3.06. The predicted octanol–water partition coefficient (Wildman–Crippen LogP) is 1.96. The van der Waals surface area contributed by atoms with Gasteiger partial charge in [-0.1, -0.05) is 47.3 Å². The van der Waals surface area contributed by atoms with Crippen molar-refractivity contribution in [3.05, 3.63) is 57.8 Å². The second kappa shape index (κ2) is 7.41. The van der Waals surface area contributed by atoms with E-state index < -0.39 is 0 Å². The van der Waals surface area contributed by atoms with E-state index in [0.29, 0.717) is 40.3 Å². The standard InChI is InChI=1S/C16H16N4O3S/c1-10-12(7-8-21)15(22)19-16(17-10)24-9-13-18-14(20-23-13)11-5-3-2-4-6-11/h2-6,21H,7-9H2,1H3,(H,17,19,22). The molecule has 8 heteroatoms. The van der Waals surface area contributed by atoms with E-state index in [1.54, 1.807) is 6.92 Å². The zero-order valence-corrected chi connectivity index (χ0v) is 13.8. The van der Waals surface area contributed by atoms with Crippen LogP contribution >= 0.6 is 11.8 Å². The van der Waals surface area contributed by atoms with Crippen molar-refractivity contribution in [1.82, 2.24) is 20.1 Å². The van der Waals surface area contributed by atoms with Crippen molar-refractivity contribution in [3.63, 3.8) is 0 Å². The van der Waals surface area contributed by atoms with Gasteiger partial charge in [-0.05, 0) is 6.92 Å². The molecule has 24 heavy (non-hydrogen) atoms. The van der Waals surface area contributed by atoms with Crippen LogP contribution in [0.5, 0.6) is 0 Å². The van der Waals surface area contributed by atoms with Crippen LogP contribution in [0, 0.1) is 6.92 Å². The summed E-state index contributed by atoms with van der Waals surface area (Å²) < 4.78 is 5.23. The van der Waals surface area contributed by atoms with Gasteiger partial charge in [0, 0.05) is 29.8 Å². The van der Waals surface area contributed by atoms with Gasteiger partial charge in [-0.25, -0.2) is 4.98 Å². The second-order valence-electron chi connectivity index (χ2n) is 5.08. The lowest BCUT2D eigenvalue weighted by Gasteiger charge is -2.04. The van der Waals surface area contributed by atoms with E-state index in [4.69, 9.17) is 9.63 Å². The Morgan fingerprint density at radius 1 is 1.25 bits per heavy atom. The molecule has 0 saturated carbocycles. The molecule has 0 fully saturated rings. The van der Waals surface area contributed by atoms with Crippen molar-refractivity contribution < 1.29 is 9.63 Å². The second-order valence-corrected chi connectivity index (χ2v) is 6.04. The Kier molecular flexibility index (Phi) is 5.07. The third-order valence-electron chi connectivity index (χ3n) is 3.39. The summed E-state index contributed by atoms with van der Waals surface area (Å²) in [6.07, 6.45) is 0.295. The van der Waals surface area contributed by atoms with Gasteiger partial charge in [0.15, 0.2) is 5.16 Å². The van der Waals surface area contributed by atoms with Gasteiger partial charge in [0.25, 0.3) is 5.56 Å². The van der Waals surface area contributed by atoms with E-state index in [1.807, 2.05) is 30.3 Å². The number of nitrogens with one attached hydrogen (secondary N) is 1. The molecule has 0 atom stereocenters. The molecule has 7 nitrogen and oxygen atoms in total. The molecule has 2 heterocycles. The third-order valence-corrected chi connectivity index (χ3v) is 4.25. The molecule has 0 radical (unpaired) electrons. The number of aliphatic hydroxyl groups excluding tert-OH is 1. The van der Waals surface area contributed by atoms with Crippen molar-refractivity contribution >= 4 is 11.8 Å². The van der Waals surface area contributed by atoms with Gasteiger partial charge in [-0.2, -0.15) is 4.98 Å². The number of hydrogen-bond donors (Lipinski definition) is 2. The molecular weight excluding hydrogens is 328 g/mol. The van der Waals surface area contributed by atoms with Crippen LogP contribution in [0.25, 0.3) is 11.4 Å². The molecule has 124 valence electrons. The van der Waals surface area contributed by atoms with Gasteiger partial charge < -0.3 is 14.6 Å². The van der Waals surface area contributed by atoms with Gasteiger partial charge in [-0.15, -0.1) is 0 Å². The molecule has 0 saturated heterocycles. The first-order valence-corrected chi connectivity index (χ1v) is 8.37. The smallest absolute Gasteiger partial charge is 0.255 e. The lowest BCUT2D eigenvalue weighted by molar-refractivity contribution is 0.298. The largest absolute Gasteiger partial charge is 0.396 e. The van der Waals surface area contributed by atoms with E-state index in [1.165, 1.54) is 11.8 Å². The van der Waals surface area contributed by atoms with Crippen molar-refractivity contribution in [2.24, 2.45) is 0 Å². The zero-order chi connectivity index (χ0) is 16.9. The lowest BCUT2D eigenvalue weighted by atomic mass is 10.2. The van der Waals surface area contributed by atoms with Crippen LogP contribution in [0.2, 0.25) is 0 Å². The lowest BCUT2D eigenvalue weighted by Crippen LogP contribution is -2.18. The number of nitrogens with zero attached hydrogens (tertiary/aromatic N) is 3. The monoisotopic (exact) mass is 344 g/mol. The summed E-state index contributed by atoms with van der Waals surface area (Å²) >= 11 is 1.31. The molecule has 2 aromatic heterocycles. The number of aromatic nitrogens is 4. The molecule has 0 amide bonds. The molecule has 0 bridgehead atoms. The van der Waals surface area contributed by atoms with Crippen LogP contribution in [-0.4, -0.2) is 31.8 Å². The van der Waals surface area contributed by atoms with Crippen molar-refractivity contribution in [2.45, 2.75) is 24.3 Å². The summed E-state index contributed by atoms with van der Waals surface area (Å²) in [5.41, 5.74) is 1.78. The van der Waals surface area contributed by atoms with Crippen LogP contribution < -0.4 is 5.56 Å². The molecule has 0 aliphatic heterocycles. The fourth-order valence-corrected chi connectivity index (χ4v) is 2.95. The van der Waals surface area contributed by atoms with Crippen molar-refractivity contribution in [3.8, 4) is 11.4 Å². The Bertz CT molecular complexity index is 877.